The van der Waals surface area contributed by atoms with Gasteiger partial charge in [0.15, 0.2) is 0 Å². The van der Waals surface area contributed by atoms with Crippen LogP contribution in [0, 0.1) is 0 Å². The molecular formula is C15H12Cl4N4O3S. The van der Waals surface area contributed by atoms with E-state index >= 15 is 0 Å². The van der Waals surface area contributed by atoms with E-state index in [2.05, 4.69) is 0 Å². The fourth-order valence-electron chi connectivity index (χ4n) is 1.89. The van der Waals surface area contributed by atoms with Crippen LogP contribution >= 0.6 is 46.4 Å². The SMILES string of the molecule is N/C(=C\N(N)c1cc(Cl)cc(Cl)c1)C(=O)NS(=O)(=O)c1cc(Cl)ccc1Cl. The Morgan fingerprint density at radius 2 is 1.59 bits per heavy atom. The summed E-state index contributed by atoms with van der Waals surface area (Å²) < 4.78 is 26.4. The fraction of sp³-hybridized carbons (Fsp3) is 0. The molecule has 2 rings (SSSR count). The first-order chi connectivity index (χ1) is 12.5. The molecule has 27 heavy (non-hydrogen) atoms. The molecule has 0 aliphatic heterocycles. The van der Waals surface area contributed by atoms with Crippen molar-refractivity contribution >= 4 is 68.0 Å². The van der Waals surface area contributed by atoms with Crippen molar-refractivity contribution in [2.24, 2.45) is 11.6 Å². The highest BCUT2D eigenvalue weighted by Crippen LogP contribution is 2.26. The summed E-state index contributed by atoms with van der Waals surface area (Å²) in [6, 6.07) is 8.22. The smallest absolute Gasteiger partial charge is 0.282 e. The van der Waals surface area contributed by atoms with Crippen molar-refractivity contribution in [1.82, 2.24) is 4.72 Å². The number of amides is 1. The summed E-state index contributed by atoms with van der Waals surface area (Å²) in [7, 11) is -4.31. The van der Waals surface area contributed by atoms with Gasteiger partial charge >= 0.3 is 0 Å². The molecular weight excluding hydrogens is 458 g/mol. The molecule has 0 saturated heterocycles. The zero-order valence-electron chi connectivity index (χ0n) is 13.3. The van der Waals surface area contributed by atoms with Gasteiger partial charge in [0, 0.05) is 15.1 Å². The van der Waals surface area contributed by atoms with Crippen LogP contribution in [0.1, 0.15) is 0 Å². The van der Waals surface area contributed by atoms with E-state index in [1.165, 1.54) is 30.3 Å². The summed E-state index contributed by atoms with van der Waals surface area (Å²) in [5, 5.41) is 1.59. The number of hydrogen-bond acceptors (Lipinski definition) is 6. The molecule has 0 spiro atoms. The number of carbonyl (C=O) groups excluding carboxylic acids is 1. The monoisotopic (exact) mass is 468 g/mol. The summed E-state index contributed by atoms with van der Waals surface area (Å²) in [5.41, 5.74) is 5.46. The quantitative estimate of drug-likeness (QED) is 0.351. The van der Waals surface area contributed by atoms with Crippen LogP contribution in [0.5, 0.6) is 0 Å². The second-order valence-electron chi connectivity index (χ2n) is 5.13. The Morgan fingerprint density at radius 3 is 2.19 bits per heavy atom. The van der Waals surface area contributed by atoms with Crippen molar-refractivity contribution in [3.63, 3.8) is 0 Å². The van der Waals surface area contributed by atoms with Crippen molar-refractivity contribution in [2.75, 3.05) is 5.01 Å². The average molecular weight is 470 g/mol. The predicted molar refractivity (Wildman–Crippen MR) is 107 cm³/mol. The summed E-state index contributed by atoms with van der Waals surface area (Å²) in [6.07, 6.45) is 1.01. The lowest BCUT2D eigenvalue weighted by Crippen LogP contribution is -2.36. The van der Waals surface area contributed by atoms with Crippen LogP contribution in [0.3, 0.4) is 0 Å². The molecule has 0 aliphatic carbocycles. The standard InChI is InChI=1S/C15H12Cl4N4O3S/c16-8-1-2-12(19)14(6-8)27(25,26)22-15(24)13(20)7-23(21)11-4-9(17)3-10(18)5-11/h1-7H,20-21H2,(H,22,24)/b13-7-. The number of benzene rings is 2. The fourth-order valence-corrected chi connectivity index (χ4v) is 4.14. The van der Waals surface area contributed by atoms with Gasteiger partial charge in [-0.15, -0.1) is 0 Å². The molecule has 0 atom stereocenters. The zero-order valence-corrected chi connectivity index (χ0v) is 17.1. The number of anilines is 1. The van der Waals surface area contributed by atoms with Gasteiger partial charge in [0.25, 0.3) is 15.9 Å². The Bertz CT molecular complexity index is 1010. The Hall–Kier alpha value is -1.68. The van der Waals surface area contributed by atoms with Gasteiger partial charge in [-0.25, -0.2) is 19.0 Å². The van der Waals surface area contributed by atoms with Crippen LogP contribution in [-0.2, 0) is 14.8 Å². The van der Waals surface area contributed by atoms with Gasteiger partial charge < -0.3 is 5.73 Å². The second kappa shape index (κ2) is 8.55. The van der Waals surface area contributed by atoms with Gasteiger partial charge in [0.2, 0.25) is 0 Å². The van der Waals surface area contributed by atoms with Crippen molar-refractivity contribution in [1.29, 1.82) is 0 Å². The normalized spacial score (nSPS) is 12.0. The van der Waals surface area contributed by atoms with E-state index in [0.717, 1.165) is 17.3 Å². The average Bonchev–Trinajstić information content (AvgIpc) is 2.55. The molecule has 0 bridgehead atoms. The van der Waals surface area contributed by atoms with Crippen LogP contribution in [-0.4, -0.2) is 14.3 Å². The van der Waals surface area contributed by atoms with E-state index < -0.39 is 21.6 Å². The lowest BCUT2D eigenvalue weighted by atomic mass is 10.3. The summed E-state index contributed by atoms with van der Waals surface area (Å²) >= 11 is 23.4. The summed E-state index contributed by atoms with van der Waals surface area (Å²) in [4.78, 5) is 11.8. The molecule has 1 amide bonds. The first kappa shape index (κ1) is 21.6. The van der Waals surface area contributed by atoms with Gasteiger partial charge in [-0.3, -0.25) is 9.80 Å². The van der Waals surface area contributed by atoms with Crippen molar-refractivity contribution in [3.05, 3.63) is 68.4 Å². The third-order valence-corrected chi connectivity index (χ3v) is 5.58. The number of nitrogens with two attached hydrogens (primary N) is 2. The number of sulfonamides is 1. The van der Waals surface area contributed by atoms with E-state index in [0.29, 0.717) is 15.7 Å². The molecule has 0 fully saturated rings. The van der Waals surface area contributed by atoms with Crippen LogP contribution in [0.15, 0.2) is 53.2 Å². The minimum Gasteiger partial charge on any atom is -0.393 e. The van der Waals surface area contributed by atoms with Gasteiger partial charge in [-0.1, -0.05) is 46.4 Å². The largest absolute Gasteiger partial charge is 0.393 e. The van der Waals surface area contributed by atoms with E-state index in [1.54, 1.807) is 4.72 Å². The summed E-state index contributed by atoms with van der Waals surface area (Å²) in [6.45, 7) is 0. The Kier molecular flexibility index (Phi) is 6.85. The van der Waals surface area contributed by atoms with E-state index in [1.807, 2.05) is 0 Å². The van der Waals surface area contributed by atoms with E-state index in [4.69, 9.17) is 58.0 Å². The number of hydrazine groups is 1. The molecule has 144 valence electrons. The van der Waals surface area contributed by atoms with Gasteiger partial charge in [0.05, 0.1) is 16.9 Å². The number of carbonyl (C=O) groups is 1. The molecule has 0 heterocycles. The maximum Gasteiger partial charge on any atom is 0.282 e. The minimum atomic E-state index is -4.31. The van der Waals surface area contributed by atoms with Gasteiger partial charge in [-0.2, -0.15) is 0 Å². The highest BCUT2D eigenvalue weighted by molar-refractivity contribution is 7.90. The van der Waals surface area contributed by atoms with E-state index in [9.17, 15) is 13.2 Å². The molecule has 0 unspecified atom stereocenters. The summed E-state index contributed by atoms with van der Waals surface area (Å²) in [5.74, 6) is 4.67. The third-order valence-electron chi connectivity index (χ3n) is 3.10. The Labute approximate surface area is 175 Å². The van der Waals surface area contributed by atoms with Crippen LogP contribution < -0.4 is 21.3 Å². The Balaban J connectivity index is 2.23. The van der Waals surface area contributed by atoms with Crippen molar-refractivity contribution in [3.8, 4) is 0 Å². The number of nitrogens with one attached hydrogen (secondary N) is 1. The number of nitrogens with zero attached hydrogens (tertiary/aromatic N) is 1. The van der Waals surface area contributed by atoms with Crippen LogP contribution in [0.25, 0.3) is 0 Å². The first-order valence-electron chi connectivity index (χ1n) is 6.99. The van der Waals surface area contributed by atoms with Crippen molar-refractivity contribution in [2.45, 2.75) is 4.90 Å². The molecule has 2 aromatic carbocycles. The van der Waals surface area contributed by atoms with Crippen LogP contribution in [0.4, 0.5) is 5.69 Å². The Morgan fingerprint density at radius 1 is 1.00 bits per heavy atom. The third kappa shape index (κ3) is 5.65. The number of halogens is 4. The molecule has 2 aromatic rings. The molecule has 0 saturated carbocycles. The van der Waals surface area contributed by atoms with Crippen molar-refractivity contribution < 1.29 is 13.2 Å². The lowest BCUT2D eigenvalue weighted by molar-refractivity contribution is -0.115. The second-order valence-corrected chi connectivity index (χ2v) is 8.50. The molecule has 12 heteroatoms. The zero-order chi connectivity index (χ0) is 20.4. The highest BCUT2D eigenvalue weighted by Gasteiger charge is 2.22. The highest BCUT2D eigenvalue weighted by atomic mass is 35.5. The van der Waals surface area contributed by atoms with Gasteiger partial charge in [-0.05, 0) is 36.4 Å². The molecule has 7 nitrogen and oxygen atoms in total. The molecule has 0 aliphatic rings. The number of hydrogen-bond donors (Lipinski definition) is 3. The minimum absolute atomic E-state index is 0.115. The number of rotatable bonds is 5. The first-order valence-corrected chi connectivity index (χ1v) is 9.98. The van der Waals surface area contributed by atoms with Gasteiger partial charge in [0.1, 0.15) is 10.6 Å². The van der Waals surface area contributed by atoms with Crippen LogP contribution in [0.2, 0.25) is 20.1 Å². The van der Waals surface area contributed by atoms with E-state index in [-0.39, 0.29) is 14.9 Å². The lowest BCUT2D eigenvalue weighted by Gasteiger charge is -2.16. The maximum atomic E-state index is 12.3. The maximum absolute atomic E-state index is 12.3. The predicted octanol–water partition coefficient (Wildman–Crippen LogP) is 3.29. The molecule has 0 radical (unpaired) electrons. The topological polar surface area (TPSA) is 119 Å². The molecule has 0 aromatic heterocycles. The molecule has 5 N–H and O–H groups in total.